The van der Waals surface area contributed by atoms with Gasteiger partial charge in [0.05, 0.1) is 20.4 Å². The summed E-state index contributed by atoms with van der Waals surface area (Å²) in [5.41, 5.74) is 2.28. The molecule has 0 radical (unpaired) electrons. The highest BCUT2D eigenvalue weighted by Crippen LogP contribution is 2.27. The maximum atomic E-state index is 13.7. The number of piperazine rings is 1. The first-order valence-corrected chi connectivity index (χ1v) is 18.3. The van der Waals surface area contributed by atoms with Crippen molar-refractivity contribution in [1.29, 1.82) is 0 Å². The van der Waals surface area contributed by atoms with Gasteiger partial charge >= 0.3 is 0 Å². The summed E-state index contributed by atoms with van der Waals surface area (Å²) in [6, 6.07) is 24.7. The minimum atomic E-state index is -4.18. The van der Waals surface area contributed by atoms with Gasteiger partial charge in [0.25, 0.3) is 10.0 Å². The molecule has 1 aliphatic rings. The summed E-state index contributed by atoms with van der Waals surface area (Å²) in [5.74, 6) is -0.772. The summed E-state index contributed by atoms with van der Waals surface area (Å²) in [5, 5.41) is 2.64. The predicted molar refractivity (Wildman–Crippen MR) is 171 cm³/mol. The highest BCUT2D eigenvalue weighted by atomic mass is 32.2. The lowest BCUT2D eigenvalue weighted by molar-refractivity contribution is -0.120. The topological polar surface area (TPSA) is 150 Å². The van der Waals surface area contributed by atoms with Gasteiger partial charge in [-0.1, -0.05) is 48.5 Å². The van der Waals surface area contributed by atoms with Crippen molar-refractivity contribution >= 4 is 47.4 Å². The van der Waals surface area contributed by atoms with Crippen molar-refractivity contribution in [2.75, 3.05) is 29.7 Å². The molecule has 45 heavy (non-hydrogen) atoms. The van der Waals surface area contributed by atoms with Crippen LogP contribution < -0.4 is 10.0 Å². The standard InChI is InChI=1S/C31H32N4O7S3/c1-23-13-14-24(2)29(21-23)33-43(37,38)26-17-15-25(16-18-26)32-31(36)30-22-34(44(39,40)27-9-5-3-6-10-27)19-20-35(30)45(41,42)28-11-7-4-8-12-28/h3-18,21,30,33H,19-20,22H2,1-2H3,(H,32,36)/t30-/m1/s1. The number of hydrogen-bond donors (Lipinski definition) is 2. The lowest BCUT2D eigenvalue weighted by Gasteiger charge is -2.38. The molecule has 1 atom stereocenters. The summed E-state index contributed by atoms with van der Waals surface area (Å²) in [7, 11) is -12.2. The van der Waals surface area contributed by atoms with Crippen molar-refractivity contribution in [3.63, 3.8) is 0 Å². The number of amides is 1. The Bertz CT molecular complexity index is 2020. The fraction of sp³-hybridized carbons (Fsp3) is 0.194. The van der Waals surface area contributed by atoms with E-state index in [4.69, 9.17) is 0 Å². The zero-order chi connectivity index (χ0) is 32.4. The van der Waals surface area contributed by atoms with Gasteiger partial charge in [-0.15, -0.1) is 0 Å². The first kappa shape index (κ1) is 32.3. The van der Waals surface area contributed by atoms with Gasteiger partial charge in [-0.05, 0) is 79.6 Å². The highest BCUT2D eigenvalue weighted by molar-refractivity contribution is 7.92. The maximum absolute atomic E-state index is 13.7. The third kappa shape index (κ3) is 6.94. The van der Waals surface area contributed by atoms with Crippen LogP contribution in [0.2, 0.25) is 0 Å². The maximum Gasteiger partial charge on any atom is 0.261 e. The Hall–Kier alpha value is -4.08. The molecule has 0 spiro atoms. The fourth-order valence-electron chi connectivity index (χ4n) is 4.92. The first-order chi connectivity index (χ1) is 21.3. The van der Waals surface area contributed by atoms with Crippen molar-refractivity contribution in [1.82, 2.24) is 8.61 Å². The molecule has 0 unspecified atom stereocenters. The minimum Gasteiger partial charge on any atom is -0.325 e. The van der Waals surface area contributed by atoms with E-state index in [0.717, 1.165) is 19.7 Å². The Morgan fingerprint density at radius 3 is 1.87 bits per heavy atom. The van der Waals surface area contributed by atoms with Gasteiger partial charge in [0.1, 0.15) is 6.04 Å². The molecular weight excluding hydrogens is 637 g/mol. The van der Waals surface area contributed by atoms with Crippen molar-refractivity contribution in [3.05, 3.63) is 114 Å². The molecule has 5 rings (SSSR count). The number of hydrogen-bond acceptors (Lipinski definition) is 7. The largest absolute Gasteiger partial charge is 0.325 e. The number of carbonyl (C=O) groups is 1. The Morgan fingerprint density at radius 1 is 0.689 bits per heavy atom. The van der Waals surface area contributed by atoms with E-state index in [1.54, 1.807) is 49.4 Å². The molecule has 2 N–H and O–H groups in total. The number of nitrogens with one attached hydrogen (secondary N) is 2. The third-order valence-corrected chi connectivity index (χ3v) is 12.6. The van der Waals surface area contributed by atoms with E-state index in [-0.39, 0.29) is 33.5 Å². The summed E-state index contributed by atoms with van der Waals surface area (Å²) >= 11 is 0. The second kappa shape index (κ2) is 12.7. The van der Waals surface area contributed by atoms with Gasteiger partial charge in [0, 0.05) is 25.3 Å². The quantitative estimate of drug-likeness (QED) is 0.276. The number of carbonyl (C=O) groups excluding carboxylic acids is 1. The molecule has 14 heteroatoms. The molecule has 1 fully saturated rings. The molecule has 11 nitrogen and oxygen atoms in total. The molecule has 1 saturated heterocycles. The van der Waals surface area contributed by atoms with Crippen LogP contribution in [0.25, 0.3) is 0 Å². The number of aryl methyl sites for hydroxylation is 2. The average Bonchev–Trinajstić information content (AvgIpc) is 3.03. The van der Waals surface area contributed by atoms with E-state index in [1.807, 2.05) is 19.1 Å². The minimum absolute atomic E-state index is 0.0230. The van der Waals surface area contributed by atoms with Crippen molar-refractivity contribution < 1.29 is 30.0 Å². The SMILES string of the molecule is Cc1ccc(C)c(NS(=O)(=O)c2ccc(NC(=O)[C@H]3CN(S(=O)(=O)c4ccccc4)CCN3S(=O)(=O)c3ccccc3)cc2)c1. The molecule has 0 saturated carbocycles. The van der Waals surface area contributed by atoms with E-state index in [9.17, 15) is 30.0 Å². The van der Waals surface area contributed by atoms with Gasteiger partial charge in [-0.2, -0.15) is 8.61 Å². The molecule has 0 bridgehead atoms. The zero-order valence-electron chi connectivity index (χ0n) is 24.5. The second-order valence-electron chi connectivity index (χ2n) is 10.6. The van der Waals surface area contributed by atoms with E-state index in [1.165, 1.54) is 48.5 Å². The molecule has 4 aromatic rings. The van der Waals surface area contributed by atoms with Gasteiger partial charge in [-0.25, -0.2) is 25.3 Å². The zero-order valence-corrected chi connectivity index (χ0v) is 26.9. The normalized spacial score (nSPS) is 16.6. The van der Waals surface area contributed by atoms with E-state index in [0.29, 0.717) is 5.69 Å². The van der Waals surface area contributed by atoms with Crippen LogP contribution in [0.5, 0.6) is 0 Å². The highest BCUT2D eigenvalue weighted by Gasteiger charge is 2.43. The molecule has 1 heterocycles. The average molecular weight is 669 g/mol. The number of nitrogens with zero attached hydrogens (tertiary/aromatic N) is 2. The van der Waals surface area contributed by atoms with Gasteiger partial charge in [0.15, 0.2) is 0 Å². The molecule has 1 aliphatic heterocycles. The van der Waals surface area contributed by atoms with Crippen molar-refractivity contribution in [2.24, 2.45) is 0 Å². The lowest BCUT2D eigenvalue weighted by atomic mass is 10.1. The van der Waals surface area contributed by atoms with Crippen LogP contribution in [0.3, 0.4) is 0 Å². The number of rotatable bonds is 9. The fourth-order valence-corrected chi connectivity index (χ4v) is 9.09. The Kier molecular flexibility index (Phi) is 9.14. The monoisotopic (exact) mass is 668 g/mol. The van der Waals surface area contributed by atoms with E-state index in [2.05, 4.69) is 10.0 Å². The number of anilines is 2. The van der Waals surface area contributed by atoms with Gasteiger partial charge in [0.2, 0.25) is 26.0 Å². The molecule has 0 aromatic heterocycles. The lowest BCUT2D eigenvalue weighted by Crippen LogP contribution is -2.60. The Labute approximate surface area is 263 Å². The Balaban J connectivity index is 1.40. The van der Waals surface area contributed by atoms with Gasteiger partial charge in [-0.3, -0.25) is 9.52 Å². The van der Waals surface area contributed by atoms with E-state index < -0.39 is 48.6 Å². The number of sulfonamides is 3. The van der Waals surface area contributed by atoms with Crippen LogP contribution in [-0.2, 0) is 34.9 Å². The second-order valence-corrected chi connectivity index (χ2v) is 16.1. The van der Waals surface area contributed by atoms with Crippen LogP contribution in [0.15, 0.2) is 118 Å². The third-order valence-electron chi connectivity index (χ3n) is 7.40. The predicted octanol–water partition coefficient (Wildman–Crippen LogP) is 3.81. The van der Waals surface area contributed by atoms with Gasteiger partial charge < -0.3 is 5.32 Å². The molecule has 4 aromatic carbocycles. The molecule has 1 amide bonds. The summed E-state index contributed by atoms with van der Waals surface area (Å²) in [4.78, 5) is 13.6. The smallest absolute Gasteiger partial charge is 0.261 e. The first-order valence-electron chi connectivity index (χ1n) is 13.9. The van der Waals surface area contributed by atoms with Crippen LogP contribution in [0.1, 0.15) is 11.1 Å². The summed E-state index contributed by atoms with van der Waals surface area (Å²) in [6.45, 7) is 2.79. The molecular formula is C31H32N4O7S3. The van der Waals surface area contributed by atoms with Crippen LogP contribution in [0, 0.1) is 13.8 Å². The van der Waals surface area contributed by atoms with Crippen LogP contribution in [0.4, 0.5) is 11.4 Å². The van der Waals surface area contributed by atoms with Crippen molar-refractivity contribution in [3.8, 4) is 0 Å². The van der Waals surface area contributed by atoms with E-state index >= 15 is 0 Å². The van der Waals surface area contributed by atoms with Crippen LogP contribution >= 0.6 is 0 Å². The van der Waals surface area contributed by atoms with Crippen molar-refractivity contribution in [2.45, 2.75) is 34.6 Å². The summed E-state index contributed by atoms with van der Waals surface area (Å²) < 4.78 is 84.8. The Morgan fingerprint density at radius 2 is 1.27 bits per heavy atom. The molecule has 0 aliphatic carbocycles. The van der Waals surface area contributed by atoms with Crippen LogP contribution in [-0.4, -0.2) is 65.4 Å². The summed E-state index contributed by atoms with van der Waals surface area (Å²) in [6.07, 6.45) is 0. The molecule has 236 valence electrons. The number of benzene rings is 4.